The van der Waals surface area contributed by atoms with E-state index in [9.17, 15) is 14.7 Å². The van der Waals surface area contributed by atoms with Crippen LogP contribution in [0.25, 0.3) is 0 Å². The Morgan fingerprint density at radius 2 is 2.04 bits per heavy atom. The largest absolute Gasteiger partial charge is 0.477 e. The quantitative estimate of drug-likeness (QED) is 0.693. The molecule has 0 saturated heterocycles. The lowest BCUT2D eigenvalue weighted by Crippen LogP contribution is -2.17. The number of amides is 1. The van der Waals surface area contributed by atoms with Crippen LogP contribution in [-0.2, 0) is 13.6 Å². The molecule has 26 heavy (non-hydrogen) atoms. The van der Waals surface area contributed by atoms with E-state index in [0.717, 1.165) is 10.2 Å². The first kappa shape index (κ1) is 18.0. The summed E-state index contributed by atoms with van der Waals surface area (Å²) >= 11 is 12.0. The Morgan fingerprint density at radius 3 is 2.73 bits per heavy atom. The predicted molar refractivity (Wildman–Crippen MR) is 95.9 cm³/mol. The summed E-state index contributed by atoms with van der Waals surface area (Å²) < 4.78 is 2.71. The first-order valence-electron chi connectivity index (χ1n) is 7.39. The maximum Gasteiger partial charge on any atom is 0.354 e. The number of anilines is 1. The highest BCUT2D eigenvalue weighted by Crippen LogP contribution is 2.22. The molecule has 0 saturated carbocycles. The summed E-state index contributed by atoms with van der Waals surface area (Å²) in [4.78, 5) is 23.5. The van der Waals surface area contributed by atoms with Crippen LogP contribution in [-0.4, -0.2) is 36.5 Å². The summed E-state index contributed by atoms with van der Waals surface area (Å²) in [7, 11) is 1.45. The Morgan fingerprint density at radius 1 is 1.27 bits per heavy atom. The molecule has 0 radical (unpaired) electrons. The van der Waals surface area contributed by atoms with E-state index in [0.29, 0.717) is 16.6 Å². The van der Waals surface area contributed by atoms with E-state index in [1.54, 1.807) is 35.1 Å². The number of benzene rings is 1. The standard InChI is InChI=1S/C16H13Cl2N5O3/c1-22-14(16(25)26)11(7-19-22)15(24)20-13-4-5-23(21-13)8-9-2-3-10(17)6-12(9)18/h2-7H,8H2,1H3,(H,25,26)(H,20,21,24). The van der Waals surface area contributed by atoms with Gasteiger partial charge in [-0.1, -0.05) is 29.3 Å². The lowest BCUT2D eigenvalue weighted by molar-refractivity contribution is 0.0680. The van der Waals surface area contributed by atoms with Gasteiger partial charge in [0.15, 0.2) is 11.5 Å². The number of carboxylic acid groups (broad SMARTS) is 1. The van der Waals surface area contributed by atoms with Crippen molar-refractivity contribution < 1.29 is 14.7 Å². The molecule has 0 aliphatic rings. The number of carbonyl (C=O) groups is 2. The molecule has 0 spiro atoms. The van der Waals surface area contributed by atoms with Gasteiger partial charge in [0, 0.05) is 29.4 Å². The number of aryl methyl sites for hydroxylation is 1. The summed E-state index contributed by atoms with van der Waals surface area (Å²) in [6.45, 7) is 0.388. The molecule has 2 N–H and O–H groups in total. The van der Waals surface area contributed by atoms with E-state index in [-0.39, 0.29) is 17.1 Å². The Labute approximate surface area is 157 Å². The number of aromatic nitrogens is 4. The van der Waals surface area contributed by atoms with E-state index in [1.165, 1.54) is 13.2 Å². The van der Waals surface area contributed by atoms with Crippen molar-refractivity contribution in [2.45, 2.75) is 6.54 Å². The van der Waals surface area contributed by atoms with Gasteiger partial charge in [0.05, 0.1) is 18.3 Å². The van der Waals surface area contributed by atoms with Crippen LogP contribution in [0.1, 0.15) is 26.4 Å². The van der Waals surface area contributed by atoms with Gasteiger partial charge in [-0.15, -0.1) is 0 Å². The third-order valence-corrected chi connectivity index (χ3v) is 4.20. The van der Waals surface area contributed by atoms with Crippen LogP contribution < -0.4 is 5.32 Å². The van der Waals surface area contributed by atoms with E-state index >= 15 is 0 Å². The third kappa shape index (κ3) is 3.71. The minimum atomic E-state index is -1.24. The molecule has 1 amide bonds. The SMILES string of the molecule is Cn1ncc(C(=O)Nc2ccn(Cc3ccc(Cl)cc3Cl)n2)c1C(=O)O. The van der Waals surface area contributed by atoms with E-state index in [4.69, 9.17) is 23.2 Å². The van der Waals surface area contributed by atoms with Crippen molar-refractivity contribution in [3.8, 4) is 0 Å². The fraction of sp³-hybridized carbons (Fsp3) is 0.125. The minimum Gasteiger partial charge on any atom is -0.477 e. The van der Waals surface area contributed by atoms with Crippen molar-refractivity contribution in [1.82, 2.24) is 19.6 Å². The zero-order valence-electron chi connectivity index (χ0n) is 13.5. The second kappa shape index (κ2) is 7.19. The highest BCUT2D eigenvalue weighted by Gasteiger charge is 2.22. The van der Waals surface area contributed by atoms with Crippen LogP contribution in [0.2, 0.25) is 10.0 Å². The second-order valence-electron chi connectivity index (χ2n) is 5.42. The highest BCUT2D eigenvalue weighted by molar-refractivity contribution is 6.35. The smallest absolute Gasteiger partial charge is 0.354 e. The normalized spacial score (nSPS) is 10.7. The van der Waals surface area contributed by atoms with Crippen LogP contribution in [0.5, 0.6) is 0 Å². The Hall–Kier alpha value is -2.84. The fourth-order valence-corrected chi connectivity index (χ4v) is 2.85. The molecule has 2 heterocycles. The summed E-state index contributed by atoms with van der Waals surface area (Å²) in [5.41, 5.74) is 0.572. The molecular weight excluding hydrogens is 381 g/mol. The van der Waals surface area contributed by atoms with Crippen molar-refractivity contribution in [3.63, 3.8) is 0 Å². The number of hydrogen-bond donors (Lipinski definition) is 2. The Balaban J connectivity index is 1.74. The molecule has 0 aliphatic heterocycles. The number of halogens is 2. The first-order valence-corrected chi connectivity index (χ1v) is 8.15. The molecule has 0 fully saturated rings. The Bertz CT molecular complexity index is 996. The number of aromatic carboxylic acids is 1. The molecule has 0 aliphatic carbocycles. The third-order valence-electron chi connectivity index (χ3n) is 3.62. The molecule has 0 atom stereocenters. The summed E-state index contributed by atoms with van der Waals surface area (Å²) in [6.07, 6.45) is 2.87. The zero-order chi connectivity index (χ0) is 18.8. The van der Waals surface area contributed by atoms with Crippen LogP contribution in [0, 0.1) is 0 Å². The maximum absolute atomic E-state index is 12.3. The predicted octanol–water partition coefficient (Wildman–Crippen LogP) is 2.92. The number of rotatable bonds is 5. The van der Waals surface area contributed by atoms with E-state index in [1.807, 2.05) is 0 Å². The average Bonchev–Trinajstić information content (AvgIpc) is 3.16. The Kier molecular flexibility index (Phi) is 4.97. The zero-order valence-corrected chi connectivity index (χ0v) is 15.0. The molecule has 2 aromatic heterocycles. The molecule has 8 nitrogen and oxygen atoms in total. The first-order chi connectivity index (χ1) is 12.3. The summed E-state index contributed by atoms with van der Waals surface area (Å²) in [5, 5.41) is 20.8. The maximum atomic E-state index is 12.3. The number of nitrogens with one attached hydrogen (secondary N) is 1. The molecule has 0 bridgehead atoms. The monoisotopic (exact) mass is 393 g/mol. The van der Waals surface area contributed by atoms with Crippen LogP contribution >= 0.6 is 23.2 Å². The second-order valence-corrected chi connectivity index (χ2v) is 6.27. The lowest BCUT2D eigenvalue weighted by atomic mass is 10.2. The van der Waals surface area contributed by atoms with Gasteiger partial charge in [-0.3, -0.25) is 14.2 Å². The average molecular weight is 394 g/mol. The summed E-state index contributed by atoms with van der Waals surface area (Å²) in [6, 6.07) is 6.75. The van der Waals surface area contributed by atoms with E-state index in [2.05, 4.69) is 15.5 Å². The number of carbonyl (C=O) groups excluding carboxylic acids is 1. The van der Waals surface area contributed by atoms with Gasteiger partial charge in [0.1, 0.15) is 0 Å². The van der Waals surface area contributed by atoms with Gasteiger partial charge in [-0.25, -0.2) is 4.79 Å². The lowest BCUT2D eigenvalue weighted by Gasteiger charge is -2.05. The number of carboxylic acids is 1. The van der Waals surface area contributed by atoms with Gasteiger partial charge in [-0.2, -0.15) is 10.2 Å². The molecule has 0 unspecified atom stereocenters. The molecule has 1 aromatic carbocycles. The van der Waals surface area contributed by atoms with Crippen molar-refractivity contribution in [1.29, 1.82) is 0 Å². The minimum absolute atomic E-state index is 0.0460. The highest BCUT2D eigenvalue weighted by atomic mass is 35.5. The summed E-state index contributed by atoms with van der Waals surface area (Å²) in [5.74, 6) is -1.57. The van der Waals surface area contributed by atoms with Gasteiger partial charge in [-0.05, 0) is 17.7 Å². The van der Waals surface area contributed by atoms with Gasteiger partial charge < -0.3 is 10.4 Å². The molecule has 3 rings (SSSR count). The van der Waals surface area contributed by atoms with E-state index < -0.39 is 11.9 Å². The molecule has 134 valence electrons. The van der Waals surface area contributed by atoms with Gasteiger partial charge >= 0.3 is 5.97 Å². The van der Waals surface area contributed by atoms with Crippen LogP contribution in [0.15, 0.2) is 36.7 Å². The van der Waals surface area contributed by atoms with Gasteiger partial charge in [0.25, 0.3) is 5.91 Å². The fourth-order valence-electron chi connectivity index (χ4n) is 2.38. The van der Waals surface area contributed by atoms with Crippen molar-refractivity contribution >= 4 is 40.9 Å². The van der Waals surface area contributed by atoms with Crippen molar-refractivity contribution in [3.05, 3.63) is 63.5 Å². The van der Waals surface area contributed by atoms with Crippen molar-refractivity contribution in [2.75, 3.05) is 5.32 Å². The molecule has 3 aromatic rings. The van der Waals surface area contributed by atoms with Crippen molar-refractivity contribution in [2.24, 2.45) is 7.05 Å². The molecular formula is C16H13Cl2N5O3. The molecule has 10 heteroatoms. The number of hydrogen-bond acceptors (Lipinski definition) is 4. The van der Waals surface area contributed by atoms with Crippen LogP contribution in [0.4, 0.5) is 5.82 Å². The number of nitrogens with zero attached hydrogens (tertiary/aromatic N) is 4. The topological polar surface area (TPSA) is 102 Å². The van der Waals surface area contributed by atoms with Crippen LogP contribution in [0.3, 0.4) is 0 Å². The van der Waals surface area contributed by atoms with Gasteiger partial charge in [0.2, 0.25) is 0 Å².